The molecule has 1 amide bonds. The van der Waals surface area contributed by atoms with Crippen LogP contribution < -0.4 is 11.1 Å². The van der Waals surface area contributed by atoms with E-state index in [1.807, 2.05) is 35.7 Å². The third-order valence-electron chi connectivity index (χ3n) is 4.76. The van der Waals surface area contributed by atoms with Crippen molar-refractivity contribution in [3.05, 3.63) is 41.4 Å². The SMILES string of the molecule is CCCO[C@@H]1CC[C@H](C(=O)NCc2csc(-c3ccccc3)n2)C[C@H]1N. The van der Waals surface area contributed by atoms with E-state index >= 15 is 0 Å². The van der Waals surface area contributed by atoms with E-state index in [0.29, 0.717) is 13.0 Å². The number of carbonyl (C=O) groups is 1. The van der Waals surface area contributed by atoms with Crippen LogP contribution >= 0.6 is 11.3 Å². The summed E-state index contributed by atoms with van der Waals surface area (Å²) in [6.07, 6.45) is 3.46. The van der Waals surface area contributed by atoms with Gasteiger partial charge in [0.15, 0.2) is 0 Å². The number of nitrogens with two attached hydrogens (primary N) is 1. The largest absolute Gasteiger partial charge is 0.377 e. The van der Waals surface area contributed by atoms with Crippen LogP contribution in [0.4, 0.5) is 0 Å². The highest BCUT2D eigenvalue weighted by Gasteiger charge is 2.32. The van der Waals surface area contributed by atoms with Crippen molar-refractivity contribution in [3.63, 3.8) is 0 Å². The highest BCUT2D eigenvalue weighted by molar-refractivity contribution is 7.13. The molecule has 1 aliphatic carbocycles. The Morgan fingerprint density at radius 3 is 2.88 bits per heavy atom. The van der Waals surface area contributed by atoms with Crippen LogP contribution in [0.5, 0.6) is 0 Å². The summed E-state index contributed by atoms with van der Waals surface area (Å²) in [5.41, 5.74) is 8.21. The molecule has 1 aliphatic rings. The van der Waals surface area contributed by atoms with E-state index < -0.39 is 0 Å². The number of hydrogen-bond acceptors (Lipinski definition) is 5. The van der Waals surface area contributed by atoms with Crippen molar-refractivity contribution in [3.8, 4) is 10.6 Å². The van der Waals surface area contributed by atoms with Gasteiger partial charge in [0.1, 0.15) is 5.01 Å². The van der Waals surface area contributed by atoms with E-state index in [0.717, 1.165) is 42.1 Å². The summed E-state index contributed by atoms with van der Waals surface area (Å²) in [4.78, 5) is 17.1. The molecule has 1 aromatic carbocycles. The van der Waals surface area contributed by atoms with Crippen LogP contribution in [0.15, 0.2) is 35.7 Å². The van der Waals surface area contributed by atoms with E-state index in [-0.39, 0.29) is 24.0 Å². The maximum Gasteiger partial charge on any atom is 0.223 e. The van der Waals surface area contributed by atoms with Gasteiger partial charge in [-0.25, -0.2) is 4.98 Å². The van der Waals surface area contributed by atoms with Crippen LogP contribution in [-0.4, -0.2) is 29.6 Å². The van der Waals surface area contributed by atoms with E-state index in [2.05, 4.69) is 17.2 Å². The molecule has 6 heteroatoms. The lowest BCUT2D eigenvalue weighted by Gasteiger charge is -2.33. The fraction of sp³-hybridized carbons (Fsp3) is 0.500. The number of thiazole rings is 1. The van der Waals surface area contributed by atoms with Crippen LogP contribution in [0.3, 0.4) is 0 Å². The Morgan fingerprint density at radius 2 is 2.15 bits per heavy atom. The molecule has 3 atom stereocenters. The van der Waals surface area contributed by atoms with E-state index in [4.69, 9.17) is 10.5 Å². The van der Waals surface area contributed by atoms with Crippen molar-refractivity contribution in [2.45, 2.75) is 51.3 Å². The van der Waals surface area contributed by atoms with E-state index in [9.17, 15) is 4.79 Å². The lowest BCUT2D eigenvalue weighted by Crippen LogP contribution is -2.46. The minimum atomic E-state index is -0.0602. The Bertz CT molecular complexity index is 704. The molecule has 0 aliphatic heterocycles. The molecule has 140 valence electrons. The number of benzene rings is 1. The molecule has 1 fully saturated rings. The number of carbonyl (C=O) groups excluding carboxylic acids is 1. The Morgan fingerprint density at radius 1 is 1.35 bits per heavy atom. The van der Waals surface area contributed by atoms with Crippen LogP contribution in [-0.2, 0) is 16.1 Å². The van der Waals surface area contributed by atoms with Crippen molar-refractivity contribution in [2.75, 3.05) is 6.61 Å². The second-order valence-electron chi connectivity index (χ2n) is 6.81. The van der Waals surface area contributed by atoms with Crippen molar-refractivity contribution >= 4 is 17.2 Å². The summed E-state index contributed by atoms with van der Waals surface area (Å²) in [5, 5.41) is 6.00. The zero-order chi connectivity index (χ0) is 18.4. The first-order valence-corrected chi connectivity index (χ1v) is 10.2. The minimum absolute atomic E-state index is 0.0290. The number of aromatic nitrogens is 1. The molecule has 3 N–H and O–H groups in total. The highest BCUT2D eigenvalue weighted by atomic mass is 32.1. The quantitative estimate of drug-likeness (QED) is 0.780. The summed E-state index contributed by atoms with van der Waals surface area (Å²) >= 11 is 1.60. The van der Waals surface area contributed by atoms with Gasteiger partial charge in [0.2, 0.25) is 5.91 Å². The minimum Gasteiger partial charge on any atom is -0.377 e. The van der Waals surface area contributed by atoms with Gasteiger partial charge in [-0.2, -0.15) is 0 Å². The highest BCUT2D eigenvalue weighted by Crippen LogP contribution is 2.26. The van der Waals surface area contributed by atoms with Gasteiger partial charge < -0.3 is 15.8 Å². The number of nitrogens with one attached hydrogen (secondary N) is 1. The monoisotopic (exact) mass is 373 g/mol. The van der Waals surface area contributed by atoms with Gasteiger partial charge in [-0.05, 0) is 25.7 Å². The van der Waals surface area contributed by atoms with Gasteiger partial charge in [0.05, 0.1) is 18.3 Å². The lowest BCUT2D eigenvalue weighted by atomic mass is 9.83. The smallest absolute Gasteiger partial charge is 0.223 e. The Hall–Kier alpha value is -1.76. The Balaban J connectivity index is 1.48. The molecular weight excluding hydrogens is 346 g/mol. The summed E-state index contributed by atoms with van der Waals surface area (Å²) in [7, 11) is 0. The van der Waals surface area contributed by atoms with Gasteiger partial charge in [-0.1, -0.05) is 37.3 Å². The zero-order valence-corrected chi connectivity index (χ0v) is 16.0. The first-order valence-electron chi connectivity index (χ1n) is 9.32. The molecule has 0 spiro atoms. The van der Waals surface area contributed by atoms with Gasteiger partial charge in [0, 0.05) is 29.5 Å². The Kier molecular flexibility index (Phi) is 6.77. The molecule has 1 saturated carbocycles. The molecule has 0 bridgehead atoms. The van der Waals surface area contributed by atoms with E-state index in [1.165, 1.54) is 0 Å². The molecule has 0 unspecified atom stereocenters. The fourth-order valence-electron chi connectivity index (χ4n) is 3.32. The second kappa shape index (κ2) is 9.26. The van der Waals surface area contributed by atoms with Crippen LogP contribution in [0, 0.1) is 5.92 Å². The van der Waals surface area contributed by atoms with Gasteiger partial charge in [0.25, 0.3) is 0 Å². The number of nitrogens with zero attached hydrogens (tertiary/aromatic N) is 1. The average molecular weight is 374 g/mol. The maximum absolute atomic E-state index is 12.5. The molecule has 1 heterocycles. The molecule has 0 saturated heterocycles. The average Bonchev–Trinajstić information content (AvgIpc) is 3.15. The maximum atomic E-state index is 12.5. The summed E-state index contributed by atoms with van der Waals surface area (Å²) in [5.74, 6) is 0.0439. The number of amides is 1. The zero-order valence-electron chi connectivity index (χ0n) is 15.2. The molecule has 0 radical (unpaired) electrons. The lowest BCUT2D eigenvalue weighted by molar-refractivity contribution is -0.127. The number of rotatable bonds is 7. The van der Waals surface area contributed by atoms with Crippen LogP contribution in [0.25, 0.3) is 10.6 Å². The predicted octanol–water partition coefficient (Wildman–Crippen LogP) is 3.35. The van der Waals surface area contributed by atoms with Crippen LogP contribution in [0.2, 0.25) is 0 Å². The second-order valence-corrected chi connectivity index (χ2v) is 7.67. The third-order valence-corrected chi connectivity index (χ3v) is 5.70. The van der Waals surface area contributed by atoms with Crippen molar-refractivity contribution in [2.24, 2.45) is 11.7 Å². The third kappa shape index (κ3) is 4.90. The topological polar surface area (TPSA) is 77.2 Å². The molecule has 5 nitrogen and oxygen atoms in total. The summed E-state index contributed by atoms with van der Waals surface area (Å²) < 4.78 is 5.78. The van der Waals surface area contributed by atoms with Crippen molar-refractivity contribution < 1.29 is 9.53 Å². The number of hydrogen-bond donors (Lipinski definition) is 2. The number of ether oxygens (including phenoxy) is 1. The first-order chi connectivity index (χ1) is 12.7. The molecule has 26 heavy (non-hydrogen) atoms. The van der Waals surface area contributed by atoms with Crippen LogP contribution in [0.1, 0.15) is 38.3 Å². The van der Waals surface area contributed by atoms with Crippen molar-refractivity contribution in [1.29, 1.82) is 0 Å². The molecule has 3 rings (SSSR count). The molecular formula is C20H27N3O2S. The summed E-state index contributed by atoms with van der Waals surface area (Å²) in [6.45, 7) is 3.29. The standard InChI is InChI=1S/C20H27N3O2S/c1-2-10-25-18-9-8-15(11-17(18)21)19(24)22-12-16-13-26-20(23-16)14-6-4-3-5-7-14/h3-7,13,15,17-18H,2,8-12,21H2,1H3,(H,22,24)/t15-,17+,18+/m0/s1. The summed E-state index contributed by atoms with van der Waals surface area (Å²) in [6, 6.07) is 10.0. The van der Waals surface area contributed by atoms with Gasteiger partial charge in [-0.15, -0.1) is 11.3 Å². The van der Waals surface area contributed by atoms with Gasteiger partial charge >= 0.3 is 0 Å². The first kappa shape index (κ1) is 19.0. The van der Waals surface area contributed by atoms with Crippen molar-refractivity contribution in [1.82, 2.24) is 10.3 Å². The van der Waals surface area contributed by atoms with Gasteiger partial charge in [-0.3, -0.25) is 4.79 Å². The van der Waals surface area contributed by atoms with E-state index in [1.54, 1.807) is 11.3 Å². The normalized spacial score (nSPS) is 22.9. The molecule has 2 aromatic rings. The Labute approximate surface area is 159 Å². The predicted molar refractivity (Wildman–Crippen MR) is 105 cm³/mol. The molecule has 1 aromatic heterocycles. The fourth-order valence-corrected chi connectivity index (χ4v) is 4.14.